The summed E-state index contributed by atoms with van der Waals surface area (Å²) in [6.45, 7) is 4.34. The first kappa shape index (κ1) is 16.1. The van der Waals surface area contributed by atoms with Crippen LogP contribution in [0.2, 0.25) is 0 Å². The smallest absolute Gasteiger partial charge is 0.194 e. The van der Waals surface area contributed by atoms with Gasteiger partial charge in [-0.25, -0.2) is 4.39 Å². The van der Waals surface area contributed by atoms with E-state index in [1.54, 1.807) is 24.3 Å². The molecule has 0 radical (unpaired) electrons. The Balaban J connectivity index is 2.30. The molecule has 0 heterocycles. The SMILES string of the molecule is CC/N=C1\C(C)=C(c2cccc(OC)c2F)C(=O)c2ccccc21. The van der Waals surface area contributed by atoms with Gasteiger partial charge in [0.1, 0.15) is 0 Å². The van der Waals surface area contributed by atoms with Crippen molar-refractivity contribution < 1.29 is 13.9 Å². The van der Waals surface area contributed by atoms with Crippen molar-refractivity contribution in [2.45, 2.75) is 13.8 Å². The lowest BCUT2D eigenvalue weighted by Crippen LogP contribution is -2.21. The number of carbonyl (C=O) groups excluding carboxylic acids is 1. The number of allylic oxidation sites excluding steroid dienone is 2. The summed E-state index contributed by atoms with van der Waals surface area (Å²) < 4.78 is 19.8. The first-order valence-electron chi connectivity index (χ1n) is 7.82. The fourth-order valence-corrected chi connectivity index (χ4v) is 3.06. The summed E-state index contributed by atoms with van der Waals surface area (Å²) in [5.74, 6) is -0.600. The second kappa shape index (κ2) is 6.40. The number of hydrogen-bond acceptors (Lipinski definition) is 3. The first-order chi connectivity index (χ1) is 11.6. The van der Waals surface area contributed by atoms with E-state index in [1.807, 2.05) is 26.0 Å². The molecular weight excluding hydrogens is 305 g/mol. The van der Waals surface area contributed by atoms with Gasteiger partial charge in [-0.15, -0.1) is 0 Å². The maximum absolute atomic E-state index is 14.7. The van der Waals surface area contributed by atoms with Gasteiger partial charge in [-0.2, -0.15) is 0 Å². The Labute approximate surface area is 140 Å². The summed E-state index contributed by atoms with van der Waals surface area (Å²) in [6, 6.07) is 12.1. The van der Waals surface area contributed by atoms with Crippen LogP contribution in [0.4, 0.5) is 4.39 Å². The van der Waals surface area contributed by atoms with E-state index in [2.05, 4.69) is 4.99 Å². The summed E-state index contributed by atoms with van der Waals surface area (Å²) in [5.41, 5.74) is 3.37. The van der Waals surface area contributed by atoms with E-state index in [1.165, 1.54) is 13.2 Å². The van der Waals surface area contributed by atoms with Crippen molar-refractivity contribution in [1.82, 2.24) is 0 Å². The lowest BCUT2D eigenvalue weighted by Gasteiger charge is -2.22. The molecule has 0 bridgehead atoms. The number of rotatable bonds is 3. The number of benzene rings is 2. The highest BCUT2D eigenvalue weighted by molar-refractivity contribution is 6.41. The van der Waals surface area contributed by atoms with Gasteiger partial charge in [0.05, 0.1) is 12.8 Å². The van der Waals surface area contributed by atoms with Crippen molar-refractivity contribution in [3.8, 4) is 5.75 Å². The van der Waals surface area contributed by atoms with Gasteiger partial charge in [-0.3, -0.25) is 9.79 Å². The highest BCUT2D eigenvalue weighted by Gasteiger charge is 2.30. The Morgan fingerprint density at radius 2 is 1.71 bits per heavy atom. The summed E-state index contributed by atoms with van der Waals surface area (Å²) in [5, 5.41) is 0. The number of fused-ring (bicyclic) bond motifs is 1. The van der Waals surface area contributed by atoms with Crippen molar-refractivity contribution in [3.63, 3.8) is 0 Å². The van der Waals surface area contributed by atoms with Crippen molar-refractivity contribution in [1.29, 1.82) is 0 Å². The molecule has 0 aromatic heterocycles. The molecule has 2 aromatic carbocycles. The van der Waals surface area contributed by atoms with Gasteiger partial charge in [-0.05, 0) is 25.5 Å². The highest BCUT2D eigenvalue weighted by atomic mass is 19.1. The normalized spacial score (nSPS) is 15.7. The average molecular weight is 323 g/mol. The standard InChI is InChI=1S/C20H18FNO2/c1-4-22-19-12(2)17(15-10-7-11-16(24-3)18(15)21)20(23)14-9-6-5-8-13(14)19/h5-11H,4H2,1-3H3/b22-19+. The molecular formula is C20H18FNO2. The third kappa shape index (κ3) is 2.44. The van der Waals surface area contributed by atoms with E-state index in [0.29, 0.717) is 23.3 Å². The molecule has 122 valence electrons. The number of aliphatic imine (C=N–C) groups is 1. The summed E-state index contributed by atoms with van der Waals surface area (Å²) in [4.78, 5) is 17.6. The second-order valence-corrected chi connectivity index (χ2v) is 5.52. The van der Waals surface area contributed by atoms with Crippen LogP contribution in [-0.2, 0) is 0 Å². The first-order valence-corrected chi connectivity index (χ1v) is 7.82. The topological polar surface area (TPSA) is 38.7 Å². The van der Waals surface area contributed by atoms with Gasteiger partial charge in [0.25, 0.3) is 0 Å². The molecule has 0 unspecified atom stereocenters. The lowest BCUT2D eigenvalue weighted by atomic mass is 9.81. The van der Waals surface area contributed by atoms with Crippen LogP contribution < -0.4 is 4.74 Å². The zero-order valence-electron chi connectivity index (χ0n) is 13.9. The number of carbonyl (C=O) groups is 1. The average Bonchev–Trinajstić information content (AvgIpc) is 2.60. The van der Waals surface area contributed by atoms with Gasteiger partial charge >= 0.3 is 0 Å². The number of methoxy groups -OCH3 is 1. The van der Waals surface area contributed by atoms with E-state index in [9.17, 15) is 9.18 Å². The molecule has 3 rings (SSSR count). The molecule has 24 heavy (non-hydrogen) atoms. The number of Topliss-reactive ketones (excluding diaryl/α,β-unsaturated/α-hetero) is 1. The fourth-order valence-electron chi connectivity index (χ4n) is 3.06. The maximum Gasteiger partial charge on any atom is 0.194 e. The van der Waals surface area contributed by atoms with Crippen molar-refractivity contribution in [2.75, 3.05) is 13.7 Å². The molecule has 0 atom stereocenters. The van der Waals surface area contributed by atoms with Gasteiger partial charge in [-0.1, -0.05) is 36.4 Å². The molecule has 0 saturated carbocycles. The third-order valence-corrected chi connectivity index (χ3v) is 4.15. The molecule has 2 aromatic rings. The van der Waals surface area contributed by atoms with Crippen LogP contribution in [0.5, 0.6) is 5.75 Å². The zero-order valence-corrected chi connectivity index (χ0v) is 13.9. The van der Waals surface area contributed by atoms with E-state index in [-0.39, 0.29) is 17.1 Å². The monoisotopic (exact) mass is 323 g/mol. The molecule has 4 heteroatoms. The number of halogens is 1. The number of hydrogen-bond donors (Lipinski definition) is 0. The minimum absolute atomic E-state index is 0.119. The fraction of sp³-hybridized carbons (Fsp3) is 0.200. The van der Waals surface area contributed by atoms with Crippen LogP contribution in [0.3, 0.4) is 0 Å². The molecule has 0 saturated heterocycles. The Hall–Kier alpha value is -2.75. The largest absolute Gasteiger partial charge is 0.494 e. The molecule has 1 aliphatic carbocycles. The van der Waals surface area contributed by atoms with Gasteiger partial charge in [0.2, 0.25) is 0 Å². The predicted molar refractivity (Wildman–Crippen MR) is 93.4 cm³/mol. The molecule has 0 amide bonds. The summed E-state index contributed by atoms with van der Waals surface area (Å²) in [6.07, 6.45) is 0. The highest BCUT2D eigenvalue weighted by Crippen LogP contribution is 2.35. The number of ether oxygens (including phenoxy) is 1. The molecule has 0 spiro atoms. The van der Waals surface area contributed by atoms with Crippen LogP contribution >= 0.6 is 0 Å². The van der Waals surface area contributed by atoms with Crippen molar-refractivity contribution >= 4 is 17.1 Å². The Bertz CT molecular complexity index is 881. The minimum Gasteiger partial charge on any atom is -0.494 e. The van der Waals surface area contributed by atoms with Gasteiger partial charge < -0.3 is 4.74 Å². The molecule has 0 N–H and O–H groups in total. The Kier molecular flexibility index (Phi) is 4.30. The quantitative estimate of drug-likeness (QED) is 0.844. The van der Waals surface area contributed by atoms with E-state index >= 15 is 0 Å². The predicted octanol–water partition coefficient (Wildman–Crippen LogP) is 4.31. The molecule has 0 aliphatic heterocycles. The maximum atomic E-state index is 14.7. The Morgan fingerprint density at radius 1 is 1.04 bits per heavy atom. The van der Waals surface area contributed by atoms with Crippen molar-refractivity contribution in [3.05, 3.63) is 70.5 Å². The van der Waals surface area contributed by atoms with Crippen LogP contribution in [0, 0.1) is 5.82 Å². The van der Waals surface area contributed by atoms with Gasteiger partial charge in [0, 0.05) is 28.8 Å². The summed E-state index contributed by atoms with van der Waals surface area (Å²) in [7, 11) is 1.41. The Morgan fingerprint density at radius 3 is 2.38 bits per heavy atom. The zero-order chi connectivity index (χ0) is 17.3. The van der Waals surface area contributed by atoms with Crippen molar-refractivity contribution in [2.24, 2.45) is 4.99 Å². The number of ketones is 1. The summed E-state index contributed by atoms with van der Waals surface area (Å²) >= 11 is 0. The van der Waals surface area contributed by atoms with Gasteiger partial charge in [0.15, 0.2) is 17.3 Å². The third-order valence-electron chi connectivity index (χ3n) is 4.15. The minimum atomic E-state index is -0.530. The van der Waals surface area contributed by atoms with Crippen LogP contribution in [0.25, 0.3) is 5.57 Å². The van der Waals surface area contributed by atoms with E-state index < -0.39 is 5.82 Å². The van der Waals surface area contributed by atoms with Crippen LogP contribution in [0.15, 0.2) is 53.0 Å². The molecule has 0 fully saturated rings. The van der Waals surface area contributed by atoms with Crippen LogP contribution in [-0.4, -0.2) is 25.1 Å². The number of nitrogens with zero attached hydrogens (tertiary/aromatic N) is 1. The van der Waals surface area contributed by atoms with Crippen LogP contribution in [0.1, 0.15) is 35.3 Å². The lowest BCUT2D eigenvalue weighted by molar-refractivity contribution is 0.105. The van der Waals surface area contributed by atoms with E-state index in [0.717, 1.165) is 11.3 Å². The molecule has 1 aliphatic rings. The van der Waals surface area contributed by atoms with E-state index in [4.69, 9.17) is 4.74 Å². The molecule has 3 nitrogen and oxygen atoms in total. The second-order valence-electron chi connectivity index (χ2n) is 5.52.